The lowest BCUT2D eigenvalue weighted by Gasteiger charge is -2.16. The number of aromatic nitrogens is 2. The highest BCUT2D eigenvalue weighted by Gasteiger charge is 2.15. The summed E-state index contributed by atoms with van der Waals surface area (Å²) in [5.74, 6) is 2.15. The molecule has 0 aliphatic carbocycles. The zero-order chi connectivity index (χ0) is 26.2. The van der Waals surface area contributed by atoms with Crippen LogP contribution in [0.25, 0.3) is 0 Å². The number of carbonyl (C=O) groups is 1. The van der Waals surface area contributed by atoms with Gasteiger partial charge in [0, 0.05) is 30.6 Å². The van der Waals surface area contributed by atoms with Crippen LogP contribution in [0.5, 0.6) is 11.5 Å². The summed E-state index contributed by atoms with van der Waals surface area (Å²) in [6.45, 7) is 1.95. The average molecular weight is 498 g/mol. The van der Waals surface area contributed by atoms with Crippen LogP contribution in [0.3, 0.4) is 0 Å². The Morgan fingerprint density at radius 2 is 1.68 bits per heavy atom. The van der Waals surface area contributed by atoms with Crippen molar-refractivity contribution in [2.45, 2.75) is 19.8 Å². The molecule has 0 aliphatic rings. The Hall–Kier alpha value is -4.59. The molecule has 0 aliphatic heterocycles. The number of para-hydroxylation sites is 1. The summed E-state index contributed by atoms with van der Waals surface area (Å²) in [6.07, 6.45) is 3.37. The minimum atomic E-state index is -0.179. The van der Waals surface area contributed by atoms with Crippen molar-refractivity contribution in [3.05, 3.63) is 95.2 Å². The second-order valence-corrected chi connectivity index (χ2v) is 8.46. The van der Waals surface area contributed by atoms with Gasteiger partial charge < -0.3 is 25.4 Å². The Morgan fingerprint density at radius 1 is 0.919 bits per heavy atom. The lowest BCUT2D eigenvalue weighted by Crippen LogP contribution is -2.19. The van der Waals surface area contributed by atoms with Gasteiger partial charge in [-0.3, -0.25) is 4.79 Å². The fraction of sp³-hybridized carbons (Fsp3) is 0.207. The van der Waals surface area contributed by atoms with Gasteiger partial charge in [0.2, 0.25) is 5.95 Å². The topological polar surface area (TPSA) is 97.4 Å². The number of amides is 1. The summed E-state index contributed by atoms with van der Waals surface area (Å²) in [6, 6.07) is 21.4. The fourth-order valence-corrected chi connectivity index (χ4v) is 4.09. The molecule has 4 aromatic rings. The monoisotopic (exact) mass is 497 g/mol. The maximum absolute atomic E-state index is 12.5. The Labute approximate surface area is 217 Å². The van der Waals surface area contributed by atoms with Crippen molar-refractivity contribution in [3.63, 3.8) is 0 Å². The van der Waals surface area contributed by atoms with E-state index >= 15 is 0 Å². The normalized spacial score (nSPS) is 10.5. The molecule has 0 radical (unpaired) electrons. The number of aryl methyl sites for hydroxylation is 3. The zero-order valence-corrected chi connectivity index (χ0v) is 21.5. The van der Waals surface area contributed by atoms with E-state index in [1.165, 1.54) is 5.56 Å². The highest BCUT2D eigenvalue weighted by molar-refractivity contribution is 6.00. The van der Waals surface area contributed by atoms with Crippen molar-refractivity contribution >= 4 is 29.0 Å². The summed E-state index contributed by atoms with van der Waals surface area (Å²) in [4.78, 5) is 21.8. The third-order valence-electron chi connectivity index (χ3n) is 5.96. The third kappa shape index (κ3) is 6.16. The highest BCUT2D eigenvalue weighted by Crippen LogP contribution is 2.35. The number of nitrogens with zero attached hydrogens (tertiary/aromatic N) is 2. The maximum atomic E-state index is 12.5. The van der Waals surface area contributed by atoms with Crippen molar-refractivity contribution in [1.82, 2.24) is 15.3 Å². The van der Waals surface area contributed by atoms with E-state index in [1.54, 1.807) is 27.3 Å². The van der Waals surface area contributed by atoms with Crippen molar-refractivity contribution in [3.8, 4) is 11.5 Å². The molecule has 1 amide bonds. The van der Waals surface area contributed by atoms with Crippen LogP contribution < -0.4 is 25.4 Å². The van der Waals surface area contributed by atoms with Crippen LogP contribution in [0.15, 0.2) is 72.9 Å². The molecule has 8 heteroatoms. The Kier molecular flexibility index (Phi) is 8.20. The van der Waals surface area contributed by atoms with Crippen LogP contribution in [-0.4, -0.2) is 37.1 Å². The molecule has 0 unspecified atom stereocenters. The predicted molar refractivity (Wildman–Crippen MR) is 147 cm³/mol. The van der Waals surface area contributed by atoms with Crippen LogP contribution >= 0.6 is 0 Å². The Morgan fingerprint density at radius 3 is 2.41 bits per heavy atom. The molecule has 8 nitrogen and oxygen atoms in total. The van der Waals surface area contributed by atoms with Gasteiger partial charge in [0.05, 0.1) is 25.5 Å². The molecule has 1 aromatic heterocycles. The number of hydrogen-bond donors (Lipinski definition) is 3. The van der Waals surface area contributed by atoms with Crippen LogP contribution in [0.4, 0.5) is 23.1 Å². The second-order valence-electron chi connectivity index (χ2n) is 8.46. The molecule has 0 saturated heterocycles. The lowest BCUT2D eigenvalue weighted by molar-refractivity contribution is 0.0964. The van der Waals surface area contributed by atoms with Crippen LogP contribution in [0.1, 0.15) is 27.0 Å². The molecule has 1 heterocycles. The highest BCUT2D eigenvalue weighted by atomic mass is 16.5. The minimum Gasteiger partial charge on any atom is -0.493 e. The first-order valence-corrected chi connectivity index (χ1v) is 12.0. The van der Waals surface area contributed by atoms with Crippen LogP contribution in [0, 0.1) is 6.92 Å². The molecule has 4 rings (SSSR count). The van der Waals surface area contributed by atoms with Crippen LogP contribution in [-0.2, 0) is 12.8 Å². The van der Waals surface area contributed by atoms with Crippen molar-refractivity contribution < 1.29 is 14.3 Å². The van der Waals surface area contributed by atoms with Gasteiger partial charge in [0.15, 0.2) is 11.5 Å². The van der Waals surface area contributed by atoms with E-state index in [0.29, 0.717) is 34.5 Å². The van der Waals surface area contributed by atoms with E-state index in [-0.39, 0.29) is 5.91 Å². The molecule has 3 N–H and O–H groups in total. The second kappa shape index (κ2) is 11.9. The van der Waals surface area contributed by atoms with E-state index in [1.807, 2.05) is 61.7 Å². The molecule has 3 aromatic carbocycles. The number of anilines is 4. The van der Waals surface area contributed by atoms with Crippen molar-refractivity contribution in [2.24, 2.45) is 0 Å². The average Bonchev–Trinajstić information content (AvgIpc) is 2.92. The van der Waals surface area contributed by atoms with E-state index < -0.39 is 0 Å². The Bertz CT molecular complexity index is 1380. The molecular weight excluding hydrogens is 466 g/mol. The van der Waals surface area contributed by atoms with E-state index in [4.69, 9.17) is 14.5 Å². The van der Waals surface area contributed by atoms with E-state index in [0.717, 1.165) is 29.7 Å². The fourth-order valence-electron chi connectivity index (χ4n) is 4.09. The van der Waals surface area contributed by atoms with Gasteiger partial charge in [-0.05, 0) is 49.1 Å². The molecule has 0 bridgehead atoms. The number of benzene rings is 3. The van der Waals surface area contributed by atoms with Gasteiger partial charge in [0.25, 0.3) is 5.91 Å². The molecule has 0 spiro atoms. The number of carbonyl (C=O) groups excluding carboxylic acids is 1. The number of hydrogen-bond acceptors (Lipinski definition) is 7. The first kappa shape index (κ1) is 25.5. The maximum Gasteiger partial charge on any atom is 0.253 e. The minimum absolute atomic E-state index is 0.179. The van der Waals surface area contributed by atoms with Gasteiger partial charge in [-0.25, -0.2) is 4.98 Å². The first-order chi connectivity index (χ1) is 18.0. The summed E-state index contributed by atoms with van der Waals surface area (Å²) in [5, 5.41) is 9.34. The smallest absolute Gasteiger partial charge is 0.253 e. The standard InChI is InChI=1S/C29H31N5O3/c1-19-16-22(17-25(36-3)26(19)37-4)32-29-31-18-21(15-14-20-10-6-5-7-11-20)27(34-29)33-24-13-9-8-12-23(24)28(35)30-2/h5-13,16-18H,14-15H2,1-4H3,(H,30,35)(H2,31,32,33,34). The molecule has 37 heavy (non-hydrogen) atoms. The molecule has 0 atom stereocenters. The summed E-state index contributed by atoms with van der Waals surface area (Å²) >= 11 is 0. The van der Waals surface area contributed by atoms with Crippen molar-refractivity contribution in [1.29, 1.82) is 0 Å². The van der Waals surface area contributed by atoms with Gasteiger partial charge in [-0.2, -0.15) is 4.98 Å². The predicted octanol–water partition coefficient (Wildman–Crippen LogP) is 5.43. The van der Waals surface area contributed by atoms with E-state index in [2.05, 4.69) is 33.1 Å². The van der Waals surface area contributed by atoms with Gasteiger partial charge >= 0.3 is 0 Å². The molecule has 190 valence electrons. The number of nitrogens with one attached hydrogen (secondary N) is 3. The largest absolute Gasteiger partial charge is 0.493 e. The molecule has 0 saturated carbocycles. The van der Waals surface area contributed by atoms with Crippen LogP contribution in [0.2, 0.25) is 0 Å². The zero-order valence-electron chi connectivity index (χ0n) is 21.5. The summed E-state index contributed by atoms with van der Waals surface area (Å²) in [5.41, 5.74) is 5.04. The lowest BCUT2D eigenvalue weighted by atomic mass is 10.1. The number of ether oxygens (including phenoxy) is 2. The summed E-state index contributed by atoms with van der Waals surface area (Å²) in [7, 11) is 4.83. The summed E-state index contributed by atoms with van der Waals surface area (Å²) < 4.78 is 10.9. The number of rotatable bonds is 10. The van der Waals surface area contributed by atoms with E-state index in [9.17, 15) is 4.79 Å². The SMILES string of the molecule is CNC(=O)c1ccccc1Nc1nc(Nc2cc(C)c(OC)c(OC)c2)ncc1CCc1ccccc1. The quantitative estimate of drug-likeness (QED) is 0.269. The third-order valence-corrected chi connectivity index (χ3v) is 5.96. The molecular formula is C29H31N5O3. The van der Waals surface area contributed by atoms with Crippen molar-refractivity contribution in [2.75, 3.05) is 31.9 Å². The molecule has 0 fully saturated rings. The number of methoxy groups -OCH3 is 2. The first-order valence-electron chi connectivity index (χ1n) is 12.0. The van der Waals surface area contributed by atoms with Gasteiger partial charge in [-0.15, -0.1) is 0 Å². The van der Waals surface area contributed by atoms with Gasteiger partial charge in [-0.1, -0.05) is 42.5 Å². The Balaban J connectivity index is 1.68. The van der Waals surface area contributed by atoms with Gasteiger partial charge in [0.1, 0.15) is 5.82 Å².